The molecule has 2 aliphatic rings. The first-order chi connectivity index (χ1) is 12.7. The molecule has 0 spiro atoms. The van der Waals surface area contributed by atoms with Gasteiger partial charge in [0.25, 0.3) is 0 Å². The maximum Gasteiger partial charge on any atom is 0.232 e. The average Bonchev–Trinajstić information content (AvgIpc) is 3.15. The number of rotatable bonds is 4. The molecule has 1 N–H and O–H groups in total. The number of aromatic nitrogens is 2. The molecule has 8 heteroatoms. The zero-order valence-electron chi connectivity index (χ0n) is 14.7. The number of aliphatic hydroxyl groups excluding tert-OH is 1. The van der Waals surface area contributed by atoms with Gasteiger partial charge in [0.1, 0.15) is 0 Å². The van der Waals surface area contributed by atoms with E-state index < -0.39 is 6.10 Å². The van der Waals surface area contributed by atoms with Crippen LogP contribution in [0.4, 0.5) is 5.95 Å². The number of anilines is 1. The summed E-state index contributed by atoms with van der Waals surface area (Å²) in [6.45, 7) is 1.39. The Balaban J connectivity index is 1.52. The van der Waals surface area contributed by atoms with Crippen LogP contribution in [0.25, 0.3) is 0 Å². The number of nitrogens with zero attached hydrogens (tertiary/aromatic N) is 3. The van der Waals surface area contributed by atoms with Gasteiger partial charge in [-0.15, -0.1) is 0 Å². The minimum absolute atomic E-state index is 0.0215. The van der Waals surface area contributed by atoms with Gasteiger partial charge in [-0.1, -0.05) is 6.07 Å². The summed E-state index contributed by atoms with van der Waals surface area (Å²) in [7, 11) is 3.10. The van der Waals surface area contributed by atoms with E-state index in [0.717, 1.165) is 23.5 Å². The van der Waals surface area contributed by atoms with Gasteiger partial charge in [-0.3, -0.25) is 0 Å². The van der Waals surface area contributed by atoms with Gasteiger partial charge in [-0.2, -0.15) is 9.97 Å². The second kappa shape index (κ2) is 6.87. The number of ether oxygens (including phenoxy) is 4. The highest BCUT2D eigenvalue weighted by Gasteiger charge is 2.31. The molecule has 2 aromatic rings. The molecule has 4 rings (SSSR count). The fourth-order valence-corrected chi connectivity index (χ4v) is 3.39. The highest BCUT2D eigenvalue weighted by molar-refractivity contribution is 5.46. The van der Waals surface area contributed by atoms with Gasteiger partial charge in [-0.05, 0) is 24.1 Å². The molecule has 1 fully saturated rings. The highest BCUT2D eigenvalue weighted by Crippen LogP contribution is 2.38. The second-order valence-electron chi connectivity index (χ2n) is 6.27. The first-order valence-corrected chi connectivity index (χ1v) is 8.47. The van der Waals surface area contributed by atoms with Gasteiger partial charge < -0.3 is 29.0 Å². The molecule has 26 heavy (non-hydrogen) atoms. The molecule has 1 aromatic heterocycles. The van der Waals surface area contributed by atoms with Crippen LogP contribution in [-0.4, -0.2) is 55.3 Å². The molecule has 0 aliphatic carbocycles. The van der Waals surface area contributed by atoms with Crippen LogP contribution in [0.5, 0.6) is 23.3 Å². The third kappa shape index (κ3) is 3.08. The first kappa shape index (κ1) is 16.7. The molecule has 1 aromatic carbocycles. The summed E-state index contributed by atoms with van der Waals surface area (Å²) in [6.07, 6.45) is 0.217. The summed E-state index contributed by atoms with van der Waals surface area (Å²) in [6, 6.07) is 7.46. The van der Waals surface area contributed by atoms with E-state index in [-0.39, 0.29) is 12.7 Å². The number of fused-ring (bicyclic) bond motifs is 1. The zero-order chi connectivity index (χ0) is 18.1. The van der Waals surface area contributed by atoms with Crippen molar-refractivity contribution in [3.8, 4) is 23.3 Å². The lowest BCUT2D eigenvalue weighted by molar-refractivity contribution is 0.129. The average molecular weight is 359 g/mol. The lowest BCUT2D eigenvalue weighted by Crippen LogP contribution is -2.43. The van der Waals surface area contributed by atoms with E-state index in [1.54, 1.807) is 20.3 Å². The number of benzene rings is 1. The van der Waals surface area contributed by atoms with Crippen molar-refractivity contribution < 1.29 is 24.1 Å². The van der Waals surface area contributed by atoms with Gasteiger partial charge in [0.15, 0.2) is 11.5 Å². The molecule has 0 amide bonds. The SMILES string of the molecule is COc1cc(OC)nc(N2CC[C@@H](c3ccc4c(c3)OCO4)[C@H](O)C2)n1. The van der Waals surface area contributed by atoms with Crippen molar-refractivity contribution in [2.24, 2.45) is 0 Å². The van der Waals surface area contributed by atoms with E-state index >= 15 is 0 Å². The van der Waals surface area contributed by atoms with Crippen LogP contribution in [0.3, 0.4) is 0 Å². The van der Waals surface area contributed by atoms with E-state index in [4.69, 9.17) is 18.9 Å². The Labute approximate surface area is 151 Å². The van der Waals surface area contributed by atoms with Crippen LogP contribution in [-0.2, 0) is 0 Å². The minimum atomic E-state index is -0.551. The van der Waals surface area contributed by atoms with Crippen molar-refractivity contribution in [1.82, 2.24) is 9.97 Å². The number of hydrogen-bond acceptors (Lipinski definition) is 8. The van der Waals surface area contributed by atoms with Crippen molar-refractivity contribution in [1.29, 1.82) is 0 Å². The molecule has 2 atom stereocenters. The smallest absolute Gasteiger partial charge is 0.232 e. The molecule has 3 heterocycles. The Bertz CT molecular complexity index is 778. The number of piperidine rings is 1. The van der Waals surface area contributed by atoms with Crippen LogP contribution >= 0.6 is 0 Å². The fourth-order valence-electron chi connectivity index (χ4n) is 3.39. The van der Waals surface area contributed by atoms with E-state index in [0.29, 0.717) is 30.8 Å². The summed E-state index contributed by atoms with van der Waals surface area (Å²) in [4.78, 5) is 10.7. The monoisotopic (exact) mass is 359 g/mol. The van der Waals surface area contributed by atoms with Gasteiger partial charge in [0, 0.05) is 19.0 Å². The Morgan fingerprint density at radius 2 is 1.81 bits per heavy atom. The van der Waals surface area contributed by atoms with Crippen LogP contribution in [0.1, 0.15) is 17.9 Å². The predicted octanol–water partition coefficient (Wildman–Crippen LogP) is 1.58. The van der Waals surface area contributed by atoms with Crippen LogP contribution in [0.15, 0.2) is 24.3 Å². The van der Waals surface area contributed by atoms with Gasteiger partial charge >= 0.3 is 0 Å². The summed E-state index contributed by atoms with van der Waals surface area (Å²) in [5.74, 6) is 2.85. The molecule has 0 unspecified atom stereocenters. The molecule has 0 saturated carbocycles. The zero-order valence-corrected chi connectivity index (χ0v) is 14.7. The molecule has 2 aliphatic heterocycles. The third-order valence-electron chi connectivity index (χ3n) is 4.78. The summed E-state index contributed by atoms with van der Waals surface area (Å²) >= 11 is 0. The normalized spacial score (nSPS) is 21.6. The van der Waals surface area contributed by atoms with Crippen molar-refractivity contribution in [2.45, 2.75) is 18.4 Å². The molecule has 8 nitrogen and oxygen atoms in total. The second-order valence-corrected chi connectivity index (χ2v) is 6.27. The van der Waals surface area contributed by atoms with Gasteiger partial charge in [0.2, 0.25) is 24.5 Å². The molecular formula is C18H21N3O5. The van der Waals surface area contributed by atoms with Crippen molar-refractivity contribution in [3.05, 3.63) is 29.8 Å². The Morgan fingerprint density at radius 3 is 2.50 bits per heavy atom. The Kier molecular flexibility index (Phi) is 4.42. The van der Waals surface area contributed by atoms with Crippen molar-refractivity contribution in [2.75, 3.05) is 39.0 Å². The lowest BCUT2D eigenvalue weighted by atomic mass is 9.87. The summed E-state index contributed by atoms with van der Waals surface area (Å²) in [5.41, 5.74) is 1.05. The fraction of sp³-hybridized carbons (Fsp3) is 0.444. The van der Waals surface area contributed by atoms with Crippen LogP contribution in [0, 0.1) is 0 Å². The van der Waals surface area contributed by atoms with Crippen molar-refractivity contribution >= 4 is 5.95 Å². The van der Waals surface area contributed by atoms with Gasteiger partial charge in [-0.25, -0.2) is 0 Å². The minimum Gasteiger partial charge on any atom is -0.481 e. The highest BCUT2D eigenvalue weighted by atomic mass is 16.7. The largest absolute Gasteiger partial charge is 0.481 e. The Morgan fingerprint density at radius 1 is 1.08 bits per heavy atom. The molecule has 138 valence electrons. The molecule has 0 bridgehead atoms. The standard InChI is InChI=1S/C18H21N3O5/c1-23-16-8-17(24-2)20-18(19-16)21-6-5-12(13(22)9-21)11-3-4-14-15(7-11)26-10-25-14/h3-4,7-8,12-13,22H,5-6,9-10H2,1-2H3/t12-,13+/m0/s1. The van der Waals surface area contributed by atoms with Crippen molar-refractivity contribution in [3.63, 3.8) is 0 Å². The summed E-state index contributed by atoms with van der Waals surface area (Å²) < 4.78 is 21.2. The topological polar surface area (TPSA) is 86.2 Å². The lowest BCUT2D eigenvalue weighted by Gasteiger charge is -2.36. The van der Waals surface area contributed by atoms with Crippen LogP contribution < -0.4 is 23.8 Å². The summed E-state index contributed by atoms with van der Waals surface area (Å²) in [5, 5.41) is 10.7. The van der Waals surface area contributed by atoms with E-state index in [2.05, 4.69) is 9.97 Å². The molecule has 0 radical (unpaired) electrons. The van der Waals surface area contributed by atoms with E-state index in [9.17, 15) is 5.11 Å². The Hall–Kier alpha value is -2.74. The van der Waals surface area contributed by atoms with Crippen LogP contribution in [0.2, 0.25) is 0 Å². The first-order valence-electron chi connectivity index (χ1n) is 8.47. The number of hydrogen-bond donors (Lipinski definition) is 1. The quantitative estimate of drug-likeness (QED) is 0.881. The number of aliphatic hydroxyl groups is 1. The van der Waals surface area contributed by atoms with Gasteiger partial charge in [0.05, 0.1) is 26.4 Å². The van der Waals surface area contributed by atoms with E-state index in [1.807, 2.05) is 23.1 Å². The maximum absolute atomic E-state index is 10.7. The van der Waals surface area contributed by atoms with E-state index in [1.165, 1.54) is 0 Å². The maximum atomic E-state index is 10.7. The number of methoxy groups -OCH3 is 2. The third-order valence-corrected chi connectivity index (χ3v) is 4.78. The molecule has 1 saturated heterocycles. The predicted molar refractivity (Wildman–Crippen MR) is 93.3 cm³/mol. The number of β-amino-alcohol motifs (C(OH)–C–C–N with tert-alkyl or cyclic N) is 1. The molecular weight excluding hydrogens is 338 g/mol.